The summed E-state index contributed by atoms with van der Waals surface area (Å²) in [5, 5.41) is 10.5. The SMILES string of the molecule is CCCC1CCC(C2CCC(c3ccc(OCC)c(F)c3F)=CO2)CC1.CCCC1CCC(C2CCC(c3ccc(OCC)c(F)c3F)C(O)O2)CC1. The quantitative estimate of drug-likeness (QED) is 0.219. The molecule has 2 aromatic carbocycles. The molecule has 5 nitrogen and oxygen atoms in total. The first kappa shape index (κ1) is 41.4. The third-order valence-electron chi connectivity index (χ3n) is 12.2. The Kier molecular flexibility index (Phi) is 15.8. The second-order valence-electron chi connectivity index (χ2n) is 15.6. The first-order valence-electron chi connectivity index (χ1n) is 20.6. The zero-order valence-electron chi connectivity index (χ0n) is 32.3. The van der Waals surface area contributed by atoms with Gasteiger partial charge in [0, 0.05) is 11.5 Å². The van der Waals surface area contributed by atoms with Gasteiger partial charge in [0.25, 0.3) is 0 Å². The van der Waals surface area contributed by atoms with Crippen molar-refractivity contribution in [1.82, 2.24) is 0 Å². The van der Waals surface area contributed by atoms with Crippen LogP contribution in [0.3, 0.4) is 0 Å². The van der Waals surface area contributed by atoms with E-state index in [2.05, 4.69) is 13.8 Å². The van der Waals surface area contributed by atoms with Gasteiger partial charge in [0.2, 0.25) is 11.6 Å². The van der Waals surface area contributed by atoms with Crippen molar-refractivity contribution in [2.24, 2.45) is 23.7 Å². The van der Waals surface area contributed by atoms with E-state index in [0.29, 0.717) is 24.9 Å². The average molecular weight is 747 g/mol. The normalized spacial score (nSPS) is 29.0. The van der Waals surface area contributed by atoms with Crippen LogP contribution in [0.15, 0.2) is 30.5 Å². The van der Waals surface area contributed by atoms with Crippen LogP contribution >= 0.6 is 0 Å². The molecule has 2 aliphatic carbocycles. The summed E-state index contributed by atoms with van der Waals surface area (Å²) < 4.78 is 79.2. The van der Waals surface area contributed by atoms with Crippen LogP contribution < -0.4 is 9.47 Å². The van der Waals surface area contributed by atoms with E-state index in [1.165, 1.54) is 82.4 Å². The van der Waals surface area contributed by atoms with Gasteiger partial charge in [-0.05, 0) is 118 Å². The van der Waals surface area contributed by atoms with Crippen LogP contribution in [0.25, 0.3) is 5.57 Å². The molecule has 2 saturated carbocycles. The minimum Gasteiger partial charge on any atom is -0.497 e. The van der Waals surface area contributed by atoms with Crippen LogP contribution in [0.5, 0.6) is 11.5 Å². The van der Waals surface area contributed by atoms with Crippen molar-refractivity contribution < 1.29 is 41.6 Å². The Morgan fingerprint density at radius 1 is 0.623 bits per heavy atom. The van der Waals surface area contributed by atoms with E-state index >= 15 is 0 Å². The Morgan fingerprint density at radius 2 is 1.17 bits per heavy atom. The Balaban J connectivity index is 0.000000204. The number of rotatable bonds is 12. The Bertz CT molecular complexity index is 1470. The van der Waals surface area contributed by atoms with Gasteiger partial charge in [-0.25, -0.2) is 8.78 Å². The highest BCUT2D eigenvalue weighted by molar-refractivity contribution is 5.66. The van der Waals surface area contributed by atoms with Gasteiger partial charge in [-0.1, -0.05) is 71.3 Å². The van der Waals surface area contributed by atoms with Gasteiger partial charge in [0.1, 0.15) is 6.10 Å². The molecular weight excluding hydrogens is 684 g/mol. The number of hydrogen-bond acceptors (Lipinski definition) is 5. The number of aliphatic hydroxyl groups excluding tert-OH is 1. The van der Waals surface area contributed by atoms with Crippen molar-refractivity contribution in [1.29, 1.82) is 0 Å². The smallest absolute Gasteiger partial charge is 0.201 e. The van der Waals surface area contributed by atoms with Crippen molar-refractivity contribution >= 4 is 5.57 Å². The maximum absolute atomic E-state index is 14.5. The highest BCUT2D eigenvalue weighted by Crippen LogP contribution is 2.43. The number of aliphatic hydroxyl groups is 1. The molecule has 2 aromatic rings. The minimum absolute atomic E-state index is 0.0226. The number of halogens is 4. The maximum atomic E-state index is 14.5. The molecule has 2 aliphatic heterocycles. The van der Waals surface area contributed by atoms with Crippen LogP contribution in [0, 0.1) is 46.9 Å². The molecule has 4 unspecified atom stereocenters. The number of ether oxygens (including phenoxy) is 4. The summed E-state index contributed by atoms with van der Waals surface area (Å²) >= 11 is 0. The van der Waals surface area contributed by atoms with Gasteiger partial charge in [-0.2, -0.15) is 8.78 Å². The first-order valence-corrected chi connectivity index (χ1v) is 20.6. The summed E-state index contributed by atoms with van der Waals surface area (Å²) in [5.74, 6) is -1.57. The lowest BCUT2D eigenvalue weighted by Crippen LogP contribution is -2.39. The zero-order chi connectivity index (χ0) is 37.9. The van der Waals surface area contributed by atoms with Crippen molar-refractivity contribution in [3.05, 3.63) is 64.9 Å². The molecule has 4 aliphatic rings. The molecule has 3 fully saturated rings. The largest absolute Gasteiger partial charge is 0.497 e. The highest BCUT2D eigenvalue weighted by Gasteiger charge is 2.38. The molecular formula is C44H62F4O5. The predicted octanol–water partition coefficient (Wildman–Crippen LogP) is 12.0. The summed E-state index contributed by atoms with van der Waals surface area (Å²) in [7, 11) is 0. The van der Waals surface area contributed by atoms with Crippen LogP contribution in [0.1, 0.15) is 147 Å². The summed E-state index contributed by atoms with van der Waals surface area (Å²) in [6.07, 6.45) is 18.7. The Labute approximate surface area is 314 Å². The lowest BCUT2D eigenvalue weighted by Gasteiger charge is -2.40. The molecule has 4 atom stereocenters. The average Bonchev–Trinajstić information content (AvgIpc) is 3.17. The minimum atomic E-state index is -1.09. The van der Waals surface area contributed by atoms with Gasteiger partial charge in [0.05, 0.1) is 25.6 Å². The van der Waals surface area contributed by atoms with Crippen molar-refractivity contribution in [3.8, 4) is 11.5 Å². The van der Waals surface area contributed by atoms with Gasteiger partial charge in [0.15, 0.2) is 29.4 Å². The molecule has 0 spiro atoms. The number of hydrogen-bond donors (Lipinski definition) is 1. The first-order chi connectivity index (χ1) is 25.7. The molecule has 0 radical (unpaired) electrons. The van der Waals surface area contributed by atoms with Gasteiger partial charge < -0.3 is 24.1 Å². The predicted molar refractivity (Wildman–Crippen MR) is 201 cm³/mol. The van der Waals surface area contributed by atoms with Gasteiger partial charge in [-0.15, -0.1) is 0 Å². The monoisotopic (exact) mass is 746 g/mol. The summed E-state index contributed by atoms with van der Waals surface area (Å²) in [6.45, 7) is 8.54. The molecule has 1 saturated heterocycles. The van der Waals surface area contributed by atoms with E-state index in [1.54, 1.807) is 26.2 Å². The van der Waals surface area contributed by atoms with Crippen LogP contribution in [-0.2, 0) is 9.47 Å². The molecule has 6 rings (SSSR count). The molecule has 296 valence electrons. The lowest BCUT2D eigenvalue weighted by molar-refractivity contribution is -0.192. The molecule has 1 N–H and O–H groups in total. The highest BCUT2D eigenvalue weighted by atomic mass is 19.2. The van der Waals surface area contributed by atoms with Crippen molar-refractivity contribution in [2.45, 2.75) is 155 Å². The van der Waals surface area contributed by atoms with E-state index in [9.17, 15) is 22.7 Å². The van der Waals surface area contributed by atoms with Crippen LogP contribution in [0.2, 0.25) is 0 Å². The van der Waals surface area contributed by atoms with Gasteiger partial charge >= 0.3 is 0 Å². The molecule has 9 heteroatoms. The molecule has 0 amide bonds. The second kappa shape index (κ2) is 20.2. The van der Waals surface area contributed by atoms with Crippen molar-refractivity contribution in [3.63, 3.8) is 0 Å². The fourth-order valence-corrected chi connectivity index (χ4v) is 9.28. The summed E-state index contributed by atoms with van der Waals surface area (Å²) in [4.78, 5) is 0. The number of benzene rings is 2. The zero-order valence-corrected chi connectivity index (χ0v) is 32.3. The third-order valence-corrected chi connectivity index (χ3v) is 12.2. The van der Waals surface area contributed by atoms with E-state index < -0.39 is 35.5 Å². The van der Waals surface area contributed by atoms with E-state index in [1.807, 2.05) is 0 Å². The molecule has 0 aromatic heterocycles. The third kappa shape index (κ3) is 10.5. The Morgan fingerprint density at radius 3 is 1.68 bits per heavy atom. The summed E-state index contributed by atoms with van der Waals surface area (Å²) in [6, 6.07) is 6.04. The van der Waals surface area contributed by atoms with Crippen molar-refractivity contribution in [2.75, 3.05) is 13.2 Å². The molecule has 53 heavy (non-hydrogen) atoms. The maximum Gasteiger partial charge on any atom is 0.201 e. The fraction of sp³-hybridized carbons (Fsp3) is 0.682. The van der Waals surface area contributed by atoms with E-state index in [0.717, 1.165) is 49.5 Å². The summed E-state index contributed by atoms with van der Waals surface area (Å²) in [5.41, 5.74) is 1.20. The van der Waals surface area contributed by atoms with E-state index in [4.69, 9.17) is 18.9 Å². The van der Waals surface area contributed by atoms with Crippen LogP contribution in [-0.4, -0.2) is 36.8 Å². The van der Waals surface area contributed by atoms with E-state index in [-0.39, 0.29) is 41.4 Å². The van der Waals surface area contributed by atoms with Gasteiger partial charge in [-0.3, -0.25) is 0 Å². The molecule has 2 heterocycles. The topological polar surface area (TPSA) is 57.2 Å². The lowest BCUT2D eigenvalue weighted by atomic mass is 9.75. The Hall–Kier alpha value is -2.78. The van der Waals surface area contributed by atoms with Crippen LogP contribution in [0.4, 0.5) is 17.6 Å². The standard InChI is InChI=1S/C22H32F2O3.C22H30F2O2/c1-3-5-14-6-8-15(9-7-14)18-12-11-17(22(25)27-18)16-10-13-19(26-4-2)21(24)20(16)23;1-3-5-15-6-8-16(9-7-15)19-12-10-17(14-26-19)18-11-13-20(25-4-2)22(24)21(18)23/h10,13-15,17-18,22,25H,3-9,11-12H2,1-2H3;11,13-16,19H,3-10,12H2,1-2H3. The fourth-order valence-electron chi connectivity index (χ4n) is 9.28. The number of allylic oxidation sites excluding steroid dienone is 1. The molecule has 0 bridgehead atoms. The second-order valence-corrected chi connectivity index (χ2v) is 15.6.